The van der Waals surface area contributed by atoms with Crippen LogP contribution in [0.15, 0.2) is 28.8 Å². The van der Waals surface area contributed by atoms with E-state index < -0.39 is 0 Å². The number of carbonyl (C=O) groups excluding carboxylic acids is 1. The van der Waals surface area contributed by atoms with Crippen molar-refractivity contribution < 1.29 is 9.32 Å². The summed E-state index contributed by atoms with van der Waals surface area (Å²) in [6.07, 6.45) is 0. The van der Waals surface area contributed by atoms with Gasteiger partial charge in [0.25, 0.3) is 5.91 Å². The smallest absolute Gasteiger partial charge is 0.254 e. The Balaban J connectivity index is 1.40. The molecule has 0 N–H and O–H groups in total. The maximum atomic E-state index is 12.8. The van der Waals surface area contributed by atoms with Gasteiger partial charge in [-0.05, 0) is 32.0 Å². The van der Waals surface area contributed by atoms with Gasteiger partial charge in [-0.25, -0.2) is 4.68 Å². The summed E-state index contributed by atoms with van der Waals surface area (Å²) in [5, 5.41) is 12.2. The Bertz CT molecular complexity index is 923. The molecule has 136 valence electrons. The SMILES string of the molecule is CCn1nnc2cc(C(=O)N3CCN(Cc4cc(C)no4)CC3)ccc21. The fourth-order valence-electron chi connectivity index (χ4n) is 3.34. The summed E-state index contributed by atoms with van der Waals surface area (Å²) in [4.78, 5) is 17.0. The van der Waals surface area contributed by atoms with Gasteiger partial charge >= 0.3 is 0 Å². The van der Waals surface area contributed by atoms with Crippen LogP contribution in [0, 0.1) is 6.92 Å². The summed E-state index contributed by atoms with van der Waals surface area (Å²) in [6.45, 7) is 8.47. The normalized spacial score (nSPS) is 15.7. The van der Waals surface area contributed by atoms with Crippen LogP contribution >= 0.6 is 0 Å². The lowest BCUT2D eigenvalue weighted by atomic mass is 10.1. The molecule has 8 nitrogen and oxygen atoms in total. The van der Waals surface area contributed by atoms with E-state index >= 15 is 0 Å². The van der Waals surface area contributed by atoms with Crippen molar-refractivity contribution in [2.75, 3.05) is 26.2 Å². The second-order valence-corrected chi connectivity index (χ2v) is 6.61. The van der Waals surface area contributed by atoms with Crippen molar-refractivity contribution in [2.24, 2.45) is 0 Å². The molecule has 1 aliphatic rings. The Kier molecular flexibility index (Phi) is 4.42. The fraction of sp³-hybridized carbons (Fsp3) is 0.444. The molecule has 0 atom stereocenters. The van der Waals surface area contributed by atoms with Crippen molar-refractivity contribution in [1.29, 1.82) is 0 Å². The Morgan fingerprint density at radius 2 is 2.00 bits per heavy atom. The van der Waals surface area contributed by atoms with Gasteiger partial charge in [0.1, 0.15) is 5.52 Å². The highest BCUT2D eigenvalue weighted by molar-refractivity contribution is 5.97. The quantitative estimate of drug-likeness (QED) is 0.709. The van der Waals surface area contributed by atoms with Crippen molar-refractivity contribution in [1.82, 2.24) is 30.0 Å². The fourth-order valence-corrected chi connectivity index (χ4v) is 3.34. The standard InChI is InChI=1S/C18H22N6O2/c1-3-24-17-5-4-14(11-16(17)19-21-24)18(25)23-8-6-22(7-9-23)12-15-10-13(2)20-26-15/h4-5,10-11H,3,6-9,12H2,1-2H3. The molecule has 2 aromatic heterocycles. The van der Waals surface area contributed by atoms with Crippen LogP contribution in [0.1, 0.15) is 28.7 Å². The number of amides is 1. The van der Waals surface area contributed by atoms with Crippen LogP contribution in [0.5, 0.6) is 0 Å². The number of benzene rings is 1. The van der Waals surface area contributed by atoms with E-state index in [0.29, 0.717) is 18.7 Å². The molecule has 0 unspecified atom stereocenters. The minimum absolute atomic E-state index is 0.0492. The molecule has 8 heteroatoms. The monoisotopic (exact) mass is 354 g/mol. The first-order valence-electron chi connectivity index (χ1n) is 8.91. The zero-order chi connectivity index (χ0) is 18.1. The third kappa shape index (κ3) is 3.20. The third-order valence-corrected chi connectivity index (χ3v) is 4.78. The summed E-state index contributed by atoms with van der Waals surface area (Å²) in [5.41, 5.74) is 3.28. The van der Waals surface area contributed by atoms with Crippen molar-refractivity contribution in [3.8, 4) is 0 Å². The van der Waals surface area contributed by atoms with Crippen LogP contribution < -0.4 is 0 Å². The highest BCUT2D eigenvalue weighted by atomic mass is 16.5. The van der Waals surface area contributed by atoms with Gasteiger partial charge in [0.05, 0.1) is 17.8 Å². The molecule has 1 saturated heterocycles. The van der Waals surface area contributed by atoms with Gasteiger partial charge in [0.15, 0.2) is 5.76 Å². The summed E-state index contributed by atoms with van der Waals surface area (Å²) < 4.78 is 7.10. The van der Waals surface area contributed by atoms with Crippen LogP contribution in [0.2, 0.25) is 0 Å². The zero-order valence-electron chi connectivity index (χ0n) is 15.1. The van der Waals surface area contributed by atoms with Crippen molar-refractivity contribution >= 4 is 16.9 Å². The molecule has 3 heterocycles. The first-order chi connectivity index (χ1) is 12.6. The molecule has 0 spiro atoms. The Labute approximate surface area is 151 Å². The highest BCUT2D eigenvalue weighted by Gasteiger charge is 2.23. The Hall–Kier alpha value is -2.74. The van der Waals surface area contributed by atoms with Crippen molar-refractivity contribution in [3.63, 3.8) is 0 Å². The number of aryl methyl sites for hydroxylation is 2. The topological polar surface area (TPSA) is 80.3 Å². The van der Waals surface area contributed by atoms with E-state index in [1.165, 1.54) is 0 Å². The number of fused-ring (bicyclic) bond motifs is 1. The van der Waals surface area contributed by atoms with E-state index in [2.05, 4.69) is 20.4 Å². The lowest BCUT2D eigenvalue weighted by molar-refractivity contribution is 0.0617. The van der Waals surface area contributed by atoms with Gasteiger partial charge in [-0.1, -0.05) is 10.4 Å². The van der Waals surface area contributed by atoms with E-state index in [0.717, 1.165) is 48.7 Å². The number of aromatic nitrogens is 4. The molecule has 1 fully saturated rings. The molecule has 1 amide bonds. The molecule has 4 rings (SSSR count). The van der Waals surface area contributed by atoms with Gasteiger partial charge in [-0.3, -0.25) is 9.69 Å². The summed E-state index contributed by atoms with van der Waals surface area (Å²) in [5.74, 6) is 0.917. The second-order valence-electron chi connectivity index (χ2n) is 6.61. The summed E-state index contributed by atoms with van der Waals surface area (Å²) >= 11 is 0. The van der Waals surface area contributed by atoms with Gasteiger partial charge in [0, 0.05) is 44.4 Å². The predicted molar refractivity (Wildman–Crippen MR) is 95.6 cm³/mol. The van der Waals surface area contributed by atoms with E-state index in [9.17, 15) is 4.79 Å². The van der Waals surface area contributed by atoms with Gasteiger partial charge in [-0.2, -0.15) is 0 Å². The van der Waals surface area contributed by atoms with E-state index in [1.807, 2.05) is 47.7 Å². The van der Waals surface area contributed by atoms with Gasteiger partial charge < -0.3 is 9.42 Å². The number of rotatable bonds is 4. The zero-order valence-corrected chi connectivity index (χ0v) is 15.1. The summed E-state index contributed by atoms with van der Waals surface area (Å²) in [7, 11) is 0. The molecule has 0 saturated carbocycles. The number of piperazine rings is 1. The number of nitrogens with zero attached hydrogens (tertiary/aromatic N) is 6. The molecule has 0 aliphatic carbocycles. The minimum Gasteiger partial charge on any atom is -0.360 e. The second kappa shape index (κ2) is 6.87. The maximum Gasteiger partial charge on any atom is 0.254 e. The number of hydrogen-bond donors (Lipinski definition) is 0. The first kappa shape index (κ1) is 16.7. The van der Waals surface area contributed by atoms with Crippen molar-refractivity contribution in [2.45, 2.75) is 26.9 Å². The first-order valence-corrected chi connectivity index (χ1v) is 8.91. The van der Waals surface area contributed by atoms with Gasteiger partial charge in [-0.15, -0.1) is 5.10 Å². The van der Waals surface area contributed by atoms with Gasteiger partial charge in [0.2, 0.25) is 0 Å². The van der Waals surface area contributed by atoms with E-state index in [1.54, 1.807) is 0 Å². The van der Waals surface area contributed by atoms with Crippen molar-refractivity contribution in [3.05, 3.63) is 41.3 Å². The van der Waals surface area contributed by atoms with Crippen LogP contribution in [0.25, 0.3) is 11.0 Å². The largest absolute Gasteiger partial charge is 0.360 e. The predicted octanol–water partition coefficient (Wildman–Crippen LogP) is 1.71. The van der Waals surface area contributed by atoms with Crippen LogP contribution in [0.3, 0.4) is 0 Å². The molecule has 26 heavy (non-hydrogen) atoms. The number of hydrogen-bond acceptors (Lipinski definition) is 6. The Morgan fingerprint density at radius 1 is 1.19 bits per heavy atom. The molecule has 1 aromatic carbocycles. The van der Waals surface area contributed by atoms with Crippen LogP contribution in [-0.4, -0.2) is 62.0 Å². The summed E-state index contributed by atoms with van der Waals surface area (Å²) in [6, 6.07) is 7.58. The van der Waals surface area contributed by atoms with E-state index in [4.69, 9.17) is 4.52 Å². The minimum atomic E-state index is 0.0492. The molecular formula is C18H22N6O2. The van der Waals surface area contributed by atoms with Crippen LogP contribution in [0.4, 0.5) is 0 Å². The molecular weight excluding hydrogens is 332 g/mol. The lowest BCUT2D eigenvalue weighted by Gasteiger charge is -2.34. The highest BCUT2D eigenvalue weighted by Crippen LogP contribution is 2.17. The lowest BCUT2D eigenvalue weighted by Crippen LogP contribution is -2.48. The number of carbonyl (C=O) groups is 1. The third-order valence-electron chi connectivity index (χ3n) is 4.78. The molecule has 0 radical (unpaired) electrons. The van der Waals surface area contributed by atoms with E-state index in [-0.39, 0.29) is 5.91 Å². The molecule has 0 bridgehead atoms. The maximum absolute atomic E-state index is 12.8. The average Bonchev–Trinajstić information content (AvgIpc) is 3.26. The average molecular weight is 354 g/mol. The molecule has 3 aromatic rings. The van der Waals surface area contributed by atoms with Crippen LogP contribution in [-0.2, 0) is 13.1 Å². The molecule has 1 aliphatic heterocycles. The Morgan fingerprint density at radius 3 is 2.69 bits per heavy atom.